The quantitative estimate of drug-likeness (QED) is 0.0835. The predicted octanol–water partition coefficient (Wildman–Crippen LogP) is 11.5. The Morgan fingerprint density at radius 2 is 1.00 bits per heavy atom. The average Bonchev–Trinajstić information content (AvgIpc) is 3.03. The summed E-state index contributed by atoms with van der Waals surface area (Å²) in [5.41, 5.74) is 2.78. The molecule has 0 N–H and O–H groups in total. The second-order valence-electron chi connectivity index (χ2n) is 11.9. The van der Waals surface area contributed by atoms with Crippen molar-refractivity contribution in [2.24, 2.45) is 0 Å². The maximum absolute atomic E-state index is 13.8. The molecule has 0 fully saturated rings. The molecule has 0 aliphatic carbocycles. The molecular weight excluding hydrogens is 729 g/mol. The topological polar surface area (TPSA) is 44.2 Å². The molecule has 2 rings (SSSR count). The van der Waals surface area contributed by atoms with E-state index in [-0.39, 0.29) is 12.8 Å². The van der Waals surface area contributed by atoms with Crippen LogP contribution in [0, 0.1) is 0 Å². The van der Waals surface area contributed by atoms with Gasteiger partial charge in [0.25, 0.3) is 0 Å². The van der Waals surface area contributed by atoms with Crippen LogP contribution in [0.25, 0.3) is 11.4 Å². The van der Waals surface area contributed by atoms with Gasteiger partial charge in [0.15, 0.2) is 5.82 Å². The highest BCUT2D eigenvalue weighted by Gasteiger charge is 2.86. The monoisotopic (exact) mass is 766 g/mol. The first kappa shape index (κ1) is 44.3. The minimum Gasteiger partial charge on any atom is -0.375 e. The summed E-state index contributed by atoms with van der Waals surface area (Å²) in [6.07, 6.45) is -9.18. The van der Waals surface area contributed by atoms with Crippen LogP contribution in [-0.2, 0) is 22.3 Å². The number of rotatable bonds is 23. The number of aromatic nitrogens is 2. The van der Waals surface area contributed by atoms with Crippen molar-refractivity contribution >= 4 is 0 Å². The molecule has 0 atom stereocenters. The lowest BCUT2D eigenvalue weighted by Gasteiger charge is -2.37. The summed E-state index contributed by atoms with van der Waals surface area (Å²) in [6.45, 7) is -1.18. The number of nitrogens with zero attached hydrogens (tertiary/aromatic N) is 2. The predicted molar refractivity (Wildman–Crippen MR) is 154 cm³/mol. The number of ether oxygens (including phenoxy) is 2. The Bertz CT molecular complexity index is 1320. The molecule has 0 radical (unpaired) electrons. The van der Waals surface area contributed by atoms with Crippen molar-refractivity contribution in [3.8, 4) is 11.4 Å². The summed E-state index contributed by atoms with van der Waals surface area (Å²) in [5.74, 6) is -28.4. The largest absolute Gasteiger partial charge is 0.460 e. The first-order chi connectivity index (χ1) is 23.4. The van der Waals surface area contributed by atoms with Crippen LogP contribution in [-0.4, -0.2) is 65.3 Å². The summed E-state index contributed by atoms with van der Waals surface area (Å²) in [4.78, 5) is 8.85. The van der Waals surface area contributed by atoms with E-state index in [0.29, 0.717) is 25.1 Å². The number of benzene rings is 1. The zero-order valence-electron chi connectivity index (χ0n) is 27.2. The third kappa shape index (κ3) is 11.3. The minimum absolute atomic E-state index is 0.0729. The molecule has 0 bridgehead atoms. The highest BCUT2D eigenvalue weighted by molar-refractivity contribution is 5.55. The lowest BCUT2D eigenvalue weighted by Crippen LogP contribution is -2.66. The first-order valence-electron chi connectivity index (χ1n) is 16.0. The summed E-state index contributed by atoms with van der Waals surface area (Å²) < 4.78 is 203. The van der Waals surface area contributed by atoms with Crippen LogP contribution >= 0.6 is 0 Å². The first-order valence-corrected chi connectivity index (χ1v) is 16.0. The van der Waals surface area contributed by atoms with E-state index in [1.165, 1.54) is 25.7 Å². The Hall–Kier alpha value is -2.83. The van der Waals surface area contributed by atoms with Gasteiger partial charge in [-0.15, -0.1) is 0 Å². The van der Waals surface area contributed by atoms with E-state index >= 15 is 0 Å². The van der Waals surface area contributed by atoms with Crippen LogP contribution in [0.4, 0.5) is 65.9 Å². The smallest absolute Gasteiger partial charge is 0.375 e. The van der Waals surface area contributed by atoms with Gasteiger partial charge in [-0.3, -0.25) is 0 Å². The fraction of sp³-hybridized carbons (Fsp3) is 0.688. The van der Waals surface area contributed by atoms with Crippen molar-refractivity contribution in [3.63, 3.8) is 0 Å². The number of halogens is 15. The lowest BCUT2D eigenvalue weighted by atomic mass is 10.0. The highest BCUT2D eigenvalue weighted by Crippen LogP contribution is 2.57. The Morgan fingerprint density at radius 3 is 1.53 bits per heavy atom. The van der Waals surface area contributed by atoms with Gasteiger partial charge in [-0.25, -0.2) is 14.7 Å². The number of hydrogen-bond acceptors (Lipinski definition) is 4. The number of unbranched alkanes of at least 4 members (excludes halogenated alkanes) is 8. The standard InChI is InChI=1S/C32H37F15N2O2/c1-2-3-4-5-6-10-13-23-19-48-25(49-20-23)24-16-14-22(15-17-24)12-9-7-8-11-18-50-21-26(33,34)27(35,36)31(44,45)51-32(46,47)29(39,40)28(37,38)30(41,42)43/h14-17,19-20H,2-13,18,21H2,1H3. The molecule has 0 saturated heterocycles. The molecule has 0 aliphatic rings. The second-order valence-corrected chi connectivity index (χ2v) is 11.9. The number of aryl methyl sites for hydroxylation is 2. The zero-order valence-corrected chi connectivity index (χ0v) is 27.2. The van der Waals surface area contributed by atoms with Crippen molar-refractivity contribution in [2.45, 2.75) is 126 Å². The molecule has 292 valence electrons. The van der Waals surface area contributed by atoms with E-state index in [1.54, 1.807) is 17.1 Å². The van der Waals surface area contributed by atoms with Crippen LogP contribution < -0.4 is 0 Å². The van der Waals surface area contributed by atoms with Gasteiger partial charge in [-0.2, -0.15) is 65.9 Å². The zero-order chi connectivity index (χ0) is 38.8. The Labute approximate surface area is 284 Å². The highest BCUT2D eigenvalue weighted by atomic mass is 19.4. The molecule has 0 aliphatic heterocycles. The van der Waals surface area contributed by atoms with Crippen molar-refractivity contribution < 1.29 is 75.3 Å². The molecule has 51 heavy (non-hydrogen) atoms. The van der Waals surface area contributed by atoms with Crippen molar-refractivity contribution in [2.75, 3.05) is 13.2 Å². The fourth-order valence-corrected chi connectivity index (χ4v) is 4.60. The van der Waals surface area contributed by atoms with Gasteiger partial charge in [0, 0.05) is 24.6 Å². The summed E-state index contributed by atoms with van der Waals surface area (Å²) in [7, 11) is 0. The van der Waals surface area contributed by atoms with Gasteiger partial charge < -0.3 is 4.74 Å². The van der Waals surface area contributed by atoms with Crippen LogP contribution in [0.3, 0.4) is 0 Å². The van der Waals surface area contributed by atoms with Gasteiger partial charge >= 0.3 is 42.1 Å². The summed E-state index contributed by atoms with van der Waals surface area (Å²) in [6, 6.07) is 7.38. The van der Waals surface area contributed by atoms with Crippen LogP contribution in [0.5, 0.6) is 0 Å². The molecule has 2 aromatic rings. The van der Waals surface area contributed by atoms with Gasteiger partial charge in [0.2, 0.25) is 0 Å². The number of hydrogen-bond donors (Lipinski definition) is 0. The normalized spacial score (nSPS) is 14.0. The molecule has 1 aromatic heterocycles. The van der Waals surface area contributed by atoms with E-state index in [2.05, 4.69) is 21.6 Å². The summed E-state index contributed by atoms with van der Waals surface area (Å²) in [5, 5.41) is 0. The van der Waals surface area contributed by atoms with Crippen molar-refractivity contribution in [3.05, 3.63) is 47.8 Å². The van der Waals surface area contributed by atoms with Crippen LogP contribution in [0.2, 0.25) is 0 Å². The lowest BCUT2D eigenvalue weighted by molar-refractivity contribution is -0.513. The van der Waals surface area contributed by atoms with Gasteiger partial charge in [0.05, 0.1) is 0 Å². The van der Waals surface area contributed by atoms with E-state index in [4.69, 9.17) is 0 Å². The third-order valence-corrected chi connectivity index (χ3v) is 7.72. The Kier molecular flexibility index (Phi) is 15.5. The molecule has 0 saturated carbocycles. The van der Waals surface area contributed by atoms with E-state index < -0.39 is 55.3 Å². The molecule has 0 unspecified atom stereocenters. The van der Waals surface area contributed by atoms with E-state index in [0.717, 1.165) is 36.0 Å². The number of alkyl halides is 15. The maximum atomic E-state index is 13.8. The Morgan fingerprint density at radius 1 is 0.529 bits per heavy atom. The van der Waals surface area contributed by atoms with Gasteiger partial charge in [0.1, 0.15) is 6.61 Å². The molecule has 4 nitrogen and oxygen atoms in total. The minimum atomic E-state index is -7.92. The molecule has 0 amide bonds. The van der Waals surface area contributed by atoms with Crippen LogP contribution in [0.1, 0.15) is 82.3 Å². The van der Waals surface area contributed by atoms with Gasteiger partial charge in [-0.1, -0.05) is 76.1 Å². The summed E-state index contributed by atoms with van der Waals surface area (Å²) >= 11 is 0. The Balaban J connectivity index is 1.76. The van der Waals surface area contributed by atoms with Gasteiger partial charge in [-0.05, 0) is 43.2 Å². The second kappa shape index (κ2) is 17.8. The molecule has 1 heterocycles. The van der Waals surface area contributed by atoms with E-state index in [9.17, 15) is 65.9 Å². The van der Waals surface area contributed by atoms with E-state index in [1.807, 2.05) is 24.3 Å². The molecule has 1 aromatic carbocycles. The molecular formula is C32H37F15N2O2. The van der Waals surface area contributed by atoms with Crippen LogP contribution in [0.15, 0.2) is 36.7 Å². The third-order valence-electron chi connectivity index (χ3n) is 7.72. The molecule has 19 heteroatoms. The van der Waals surface area contributed by atoms with Crippen molar-refractivity contribution in [1.82, 2.24) is 9.97 Å². The fourth-order valence-electron chi connectivity index (χ4n) is 4.60. The maximum Gasteiger partial charge on any atom is 0.460 e. The SMILES string of the molecule is CCCCCCCCc1cnc(-c2ccc(CCCCCCOCC(F)(F)C(F)(F)C(F)(F)OC(F)(F)C(F)(F)C(F)(F)C(F)(F)F)cc2)nc1. The van der Waals surface area contributed by atoms with Crippen molar-refractivity contribution in [1.29, 1.82) is 0 Å². The molecule has 0 spiro atoms. The average molecular weight is 767 g/mol.